The zero-order valence-electron chi connectivity index (χ0n) is 14.9. The Hall–Kier alpha value is -2.28. The molecule has 3 rings (SSSR count). The van der Waals surface area contributed by atoms with E-state index in [1.165, 1.54) is 12.8 Å². The highest BCUT2D eigenvalue weighted by Crippen LogP contribution is 2.25. The van der Waals surface area contributed by atoms with Crippen LogP contribution in [0.4, 0.5) is 5.82 Å². The lowest BCUT2D eigenvalue weighted by Crippen LogP contribution is -2.42. The number of pyridine rings is 1. The molecule has 1 aliphatic rings. The molecule has 1 unspecified atom stereocenters. The molecule has 2 heterocycles. The number of aromatic nitrogens is 4. The van der Waals surface area contributed by atoms with Crippen LogP contribution in [0, 0.1) is 19.8 Å². The number of anilines is 1. The summed E-state index contributed by atoms with van der Waals surface area (Å²) in [5.74, 6) is 2.23. The molecule has 2 aromatic rings. The van der Waals surface area contributed by atoms with E-state index in [2.05, 4.69) is 20.5 Å². The molecule has 1 aliphatic carbocycles. The first-order valence-electron chi connectivity index (χ1n) is 8.98. The van der Waals surface area contributed by atoms with Crippen molar-refractivity contribution >= 4 is 11.7 Å². The molecule has 1 saturated carbocycles. The average Bonchev–Trinajstić information content (AvgIpc) is 2.82. The van der Waals surface area contributed by atoms with Crippen LogP contribution < -0.4 is 11.1 Å². The maximum Gasteiger partial charge on any atom is 0.242 e. The van der Waals surface area contributed by atoms with Crippen molar-refractivity contribution in [2.75, 3.05) is 5.32 Å². The van der Waals surface area contributed by atoms with Crippen LogP contribution in [0.15, 0.2) is 18.3 Å². The standard InChI is InChI=1S/C18H26N6O/c1-12-22-23-13(2)24(12)15-9-10-16(20-11-15)21-18(25)17(19)14-7-5-3-4-6-8-14/h9-11,14,17H,3-8,19H2,1-2H3,(H,20,21,25). The van der Waals surface area contributed by atoms with Crippen LogP contribution >= 0.6 is 0 Å². The Morgan fingerprint density at radius 1 is 1.16 bits per heavy atom. The summed E-state index contributed by atoms with van der Waals surface area (Å²) in [5.41, 5.74) is 7.06. The maximum atomic E-state index is 12.4. The van der Waals surface area contributed by atoms with Crippen LogP contribution in [0.5, 0.6) is 0 Å². The number of hydrogen-bond acceptors (Lipinski definition) is 5. The molecule has 1 atom stereocenters. The Morgan fingerprint density at radius 2 is 1.80 bits per heavy atom. The van der Waals surface area contributed by atoms with Gasteiger partial charge in [-0.1, -0.05) is 25.7 Å². The van der Waals surface area contributed by atoms with E-state index in [1.807, 2.05) is 24.5 Å². The van der Waals surface area contributed by atoms with Crippen molar-refractivity contribution in [2.24, 2.45) is 11.7 Å². The van der Waals surface area contributed by atoms with Gasteiger partial charge in [0.2, 0.25) is 5.91 Å². The van der Waals surface area contributed by atoms with Crippen LogP contribution in [0.1, 0.15) is 50.2 Å². The second-order valence-corrected chi connectivity index (χ2v) is 6.80. The summed E-state index contributed by atoms with van der Waals surface area (Å²) in [6.07, 6.45) is 8.59. The van der Waals surface area contributed by atoms with Crippen LogP contribution in [-0.4, -0.2) is 31.7 Å². The summed E-state index contributed by atoms with van der Waals surface area (Å²) in [6.45, 7) is 3.78. The Morgan fingerprint density at radius 3 is 2.36 bits per heavy atom. The van der Waals surface area contributed by atoms with Gasteiger partial charge in [-0.3, -0.25) is 9.36 Å². The first-order chi connectivity index (χ1) is 12.1. The summed E-state index contributed by atoms with van der Waals surface area (Å²) in [5, 5.41) is 10.9. The van der Waals surface area contributed by atoms with Gasteiger partial charge in [-0.05, 0) is 44.7 Å². The summed E-state index contributed by atoms with van der Waals surface area (Å²) in [7, 11) is 0. The van der Waals surface area contributed by atoms with Gasteiger partial charge in [-0.2, -0.15) is 0 Å². The summed E-state index contributed by atoms with van der Waals surface area (Å²) >= 11 is 0. The van der Waals surface area contributed by atoms with Crippen LogP contribution in [-0.2, 0) is 4.79 Å². The monoisotopic (exact) mass is 342 g/mol. The van der Waals surface area contributed by atoms with Gasteiger partial charge in [0.05, 0.1) is 17.9 Å². The van der Waals surface area contributed by atoms with E-state index in [0.29, 0.717) is 5.82 Å². The van der Waals surface area contributed by atoms with E-state index in [-0.39, 0.29) is 11.8 Å². The van der Waals surface area contributed by atoms with Crippen molar-refractivity contribution in [3.63, 3.8) is 0 Å². The van der Waals surface area contributed by atoms with Crippen molar-refractivity contribution in [1.29, 1.82) is 0 Å². The summed E-state index contributed by atoms with van der Waals surface area (Å²) in [4.78, 5) is 16.8. The predicted octanol–water partition coefficient (Wildman–Crippen LogP) is 2.52. The largest absolute Gasteiger partial charge is 0.320 e. The topological polar surface area (TPSA) is 98.7 Å². The fourth-order valence-electron chi connectivity index (χ4n) is 3.53. The van der Waals surface area contributed by atoms with E-state index in [0.717, 1.165) is 43.0 Å². The van der Waals surface area contributed by atoms with Crippen molar-refractivity contribution < 1.29 is 4.79 Å². The second-order valence-electron chi connectivity index (χ2n) is 6.80. The number of hydrogen-bond donors (Lipinski definition) is 2. The SMILES string of the molecule is Cc1nnc(C)n1-c1ccc(NC(=O)C(N)C2CCCCCC2)nc1. The maximum absolute atomic E-state index is 12.4. The highest BCUT2D eigenvalue weighted by Gasteiger charge is 2.25. The minimum absolute atomic E-state index is 0.149. The third-order valence-corrected chi connectivity index (χ3v) is 4.95. The number of carbonyl (C=O) groups is 1. The van der Waals surface area contributed by atoms with Crippen LogP contribution in [0.25, 0.3) is 5.69 Å². The predicted molar refractivity (Wildman–Crippen MR) is 96.4 cm³/mol. The Kier molecular flexibility index (Phi) is 5.43. The average molecular weight is 342 g/mol. The van der Waals surface area contributed by atoms with Gasteiger partial charge in [0.15, 0.2) is 0 Å². The minimum Gasteiger partial charge on any atom is -0.320 e. The molecule has 2 aromatic heterocycles. The quantitative estimate of drug-likeness (QED) is 0.832. The lowest BCUT2D eigenvalue weighted by Gasteiger charge is -2.21. The van der Waals surface area contributed by atoms with Gasteiger partial charge in [-0.25, -0.2) is 4.98 Å². The number of nitrogens with zero attached hydrogens (tertiary/aromatic N) is 4. The number of nitrogens with one attached hydrogen (secondary N) is 1. The number of rotatable bonds is 4. The van der Waals surface area contributed by atoms with E-state index < -0.39 is 6.04 Å². The third-order valence-electron chi connectivity index (χ3n) is 4.95. The van der Waals surface area contributed by atoms with Gasteiger partial charge >= 0.3 is 0 Å². The first-order valence-corrected chi connectivity index (χ1v) is 8.98. The molecule has 7 nitrogen and oxygen atoms in total. The van der Waals surface area contributed by atoms with Gasteiger partial charge < -0.3 is 11.1 Å². The molecule has 0 aromatic carbocycles. The van der Waals surface area contributed by atoms with E-state index in [1.54, 1.807) is 12.3 Å². The van der Waals surface area contributed by atoms with Gasteiger partial charge in [0, 0.05) is 0 Å². The van der Waals surface area contributed by atoms with E-state index in [9.17, 15) is 4.79 Å². The fourth-order valence-corrected chi connectivity index (χ4v) is 3.53. The zero-order valence-corrected chi connectivity index (χ0v) is 14.9. The smallest absolute Gasteiger partial charge is 0.242 e. The molecular formula is C18H26N6O. The minimum atomic E-state index is -0.470. The molecular weight excluding hydrogens is 316 g/mol. The number of aryl methyl sites for hydroxylation is 2. The van der Waals surface area contributed by atoms with Crippen LogP contribution in [0.2, 0.25) is 0 Å². The molecule has 0 aliphatic heterocycles. The first kappa shape index (κ1) is 17.5. The zero-order chi connectivity index (χ0) is 17.8. The lowest BCUT2D eigenvalue weighted by atomic mass is 9.92. The van der Waals surface area contributed by atoms with E-state index >= 15 is 0 Å². The van der Waals surface area contributed by atoms with E-state index in [4.69, 9.17) is 5.73 Å². The number of amides is 1. The van der Waals surface area contributed by atoms with Gasteiger partial charge in [0.25, 0.3) is 0 Å². The lowest BCUT2D eigenvalue weighted by molar-refractivity contribution is -0.118. The Labute approximate surface area is 148 Å². The fraction of sp³-hybridized carbons (Fsp3) is 0.556. The molecule has 134 valence electrons. The third kappa shape index (κ3) is 4.04. The molecule has 0 bridgehead atoms. The number of carbonyl (C=O) groups excluding carboxylic acids is 1. The molecule has 0 radical (unpaired) electrons. The van der Waals surface area contributed by atoms with Crippen LogP contribution in [0.3, 0.4) is 0 Å². The highest BCUT2D eigenvalue weighted by molar-refractivity contribution is 5.94. The van der Waals surface area contributed by atoms with Gasteiger partial charge in [-0.15, -0.1) is 10.2 Å². The normalized spacial score (nSPS) is 17.1. The molecule has 25 heavy (non-hydrogen) atoms. The van der Waals surface area contributed by atoms with Crippen molar-refractivity contribution in [3.8, 4) is 5.69 Å². The molecule has 1 fully saturated rings. The molecule has 0 spiro atoms. The molecule has 7 heteroatoms. The molecule has 1 amide bonds. The number of nitrogens with two attached hydrogens (primary N) is 1. The summed E-state index contributed by atoms with van der Waals surface area (Å²) < 4.78 is 1.91. The van der Waals surface area contributed by atoms with Gasteiger partial charge in [0.1, 0.15) is 17.5 Å². The van der Waals surface area contributed by atoms with Crippen molar-refractivity contribution in [2.45, 2.75) is 58.4 Å². The Bertz CT molecular complexity index is 696. The van der Waals surface area contributed by atoms with Crippen molar-refractivity contribution in [1.82, 2.24) is 19.7 Å². The molecule has 0 saturated heterocycles. The van der Waals surface area contributed by atoms with Crippen molar-refractivity contribution in [3.05, 3.63) is 30.0 Å². The summed E-state index contributed by atoms with van der Waals surface area (Å²) in [6, 6.07) is 3.21. The molecule has 3 N–H and O–H groups in total. The second kappa shape index (κ2) is 7.74. The Balaban J connectivity index is 1.65. The highest BCUT2D eigenvalue weighted by atomic mass is 16.2.